The van der Waals surface area contributed by atoms with Crippen molar-refractivity contribution in [2.75, 3.05) is 5.32 Å². The van der Waals surface area contributed by atoms with Crippen LogP contribution in [0.3, 0.4) is 0 Å². The van der Waals surface area contributed by atoms with Gasteiger partial charge in [0, 0.05) is 24.5 Å². The van der Waals surface area contributed by atoms with Crippen molar-refractivity contribution in [3.05, 3.63) is 57.9 Å². The molecule has 6 heteroatoms. The minimum atomic E-state index is -0.478. The van der Waals surface area contributed by atoms with Gasteiger partial charge in [0.1, 0.15) is 5.69 Å². The van der Waals surface area contributed by atoms with Crippen LogP contribution in [0.25, 0.3) is 0 Å². The number of benzene rings is 1. The molecule has 0 saturated heterocycles. The Morgan fingerprint density at radius 3 is 2.90 bits per heavy atom. The normalized spacial score (nSPS) is 10.1. The van der Waals surface area contributed by atoms with E-state index in [-0.39, 0.29) is 11.3 Å². The molecule has 0 spiro atoms. The molecule has 0 bridgehead atoms. The Balaban J connectivity index is 2.18. The molecule has 0 unspecified atom stereocenters. The van der Waals surface area contributed by atoms with Gasteiger partial charge in [-0.1, -0.05) is 6.92 Å². The minimum Gasteiger partial charge on any atom is -0.374 e. The van der Waals surface area contributed by atoms with Gasteiger partial charge in [0.2, 0.25) is 0 Å². The van der Waals surface area contributed by atoms with Crippen molar-refractivity contribution in [2.45, 2.75) is 26.4 Å². The van der Waals surface area contributed by atoms with E-state index >= 15 is 0 Å². The molecular weight excluding hydrogens is 268 g/mol. The Morgan fingerprint density at radius 2 is 2.24 bits per heavy atom. The van der Waals surface area contributed by atoms with E-state index < -0.39 is 4.92 Å². The number of nitrogens with zero attached hydrogens (tertiary/aromatic N) is 3. The molecule has 1 aromatic heterocycles. The second-order valence-corrected chi connectivity index (χ2v) is 4.65. The van der Waals surface area contributed by atoms with Crippen molar-refractivity contribution in [1.82, 2.24) is 4.57 Å². The lowest BCUT2D eigenvalue weighted by Gasteiger charge is -2.10. The van der Waals surface area contributed by atoms with Gasteiger partial charge in [-0.25, -0.2) is 0 Å². The topological polar surface area (TPSA) is 83.9 Å². The number of hydrogen-bond acceptors (Lipinski definition) is 4. The van der Waals surface area contributed by atoms with E-state index in [4.69, 9.17) is 5.26 Å². The summed E-state index contributed by atoms with van der Waals surface area (Å²) in [6, 6.07) is 10.3. The van der Waals surface area contributed by atoms with Crippen molar-refractivity contribution < 1.29 is 4.92 Å². The van der Waals surface area contributed by atoms with Crippen LogP contribution in [0.2, 0.25) is 0 Å². The molecule has 0 aliphatic heterocycles. The Bertz CT molecular complexity index is 685. The molecule has 0 atom stereocenters. The molecule has 21 heavy (non-hydrogen) atoms. The number of nitriles is 1. The van der Waals surface area contributed by atoms with Gasteiger partial charge in [0.05, 0.1) is 23.1 Å². The van der Waals surface area contributed by atoms with Crippen LogP contribution in [0.4, 0.5) is 11.4 Å². The standard InChI is InChI=1S/C15H16N4O2/c1-2-7-18-8-3-4-13(18)11-17-14-6-5-12(10-16)9-15(14)19(20)21/h3-6,8-9,17H,2,7,11H2,1H3. The molecule has 1 N–H and O–H groups in total. The maximum atomic E-state index is 11.1. The summed E-state index contributed by atoms with van der Waals surface area (Å²) in [5.74, 6) is 0. The molecule has 6 nitrogen and oxygen atoms in total. The summed E-state index contributed by atoms with van der Waals surface area (Å²) in [6.07, 6.45) is 3.02. The highest BCUT2D eigenvalue weighted by Gasteiger charge is 2.14. The fraction of sp³-hybridized carbons (Fsp3) is 0.267. The van der Waals surface area contributed by atoms with Gasteiger partial charge in [0.25, 0.3) is 5.69 Å². The molecule has 0 amide bonds. The van der Waals surface area contributed by atoms with Crippen LogP contribution in [-0.4, -0.2) is 9.49 Å². The lowest BCUT2D eigenvalue weighted by atomic mass is 10.2. The summed E-state index contributed by atoms with van der Waals surface area (Å²) >= 11 is 0. The summed E-state index contributed by atoms with van der Waals surface area (Å²) in [7, 11) is 0. The maximum absolute atomic E-state index is 11.1. The predicted molar refractivity (Wildman–Crippen MR) is 79.9 cm³/mol. The second kappa shape index (κ2) is 6.57. The van der Waals surface area contributed by atoms with E-state index in [9.17, 15) is 10.1 Å². The Labute approximate surface area is 122 Å². The van der Waals surface area contributed by atoms with Gasteiger partial charge < -0.3 is 9.88 Å². The van der Waals surface area contributed by atoms with Gasteiger partial charge in [-0.3, -0.25) is 10.1 Å². The number of aromatic nitrogens is 1. The lowest BCUT2D eigenvalue weighted by molar-refractivity contribution is -0.384. The molecular formula is C15H16N4O2. The van der Waals surface area contributed by atoms with E-state index in [1.54, 1.807) is 12.1 Å². The van der Waals surface area contributed by atoms with E-state index in [1.807, 2.05) is 24.4 Å². The molecule has 1 aromatic carbocycles. The number of rotatable bonds is 6. The summed E-state index contributed by atoms with van der Waals surface area (Å²) in [5, 5.41) is 23.0. The van der Waals surface area contributed by atoms with Gasteiger partial charge >= 0.3 is 0 Å². The number of aryl methyl sites for hydroxylation is 1. The number of nitro benzene ring substituents is 1. The van der Waals surface area contributed by atoms with Crippen LogP contribution in [-0.2, 0) is 13.1 Å². The number of hydrogen-bond donors (Lipinski definition) is 1. The minimum absolute atomic E-state index is 0.0809. The Morgan fingerprint density at radius 1 is 1.43 bits per heavy atom. The zero-order valence-corrected chi connectivity index (χ0v) is 11.7. The van der Waals surface area contributed by atoms with Crippen LogP contribution in [0.15, 0.2) is 36.5 Å². The quantitative estimate of drug-likeness (QED) is 0.651. The highest BCUT2D eigenvalue weighted by atomic mass is 16.6. The van der Waals surface area contributed by atoms with Crippen LogP contribution in [0.5, 0.6) is 0 Å². The lowest BCUT2D eigenvalue weighted by Crippen LogP contribution is -2.08. The summed E-state index contributed by atoms with van der Waals surface area (Å²) in [6.45, 7) is 3.52. The molecule has 0 saturated carbocycles. The zero-order valence-electron chi connectivity index (χ0n) is 11.7. The fourth-order valence-corrected chi connectivity index (χ4v) is 2.16. The maximum Gasteiger partial charge on any atom is 0.293 e. The predicted octanol–water partition coefficient (Wildman–Crippen LogP) is 3.29. The molecule has 108 valence electrons. The van der Waals surface area contributed by atoms with Crippen LogP contribution >= 0.6 is 0 Å². The number of nitro groups is 1. The zero-order chi connectivity index (χ0) is 15.2. The molecule has 2 aromatic rings. The van der Waals surface area contributed by atoms with Gasteiger partial charge in [0.15, 0.2) is 0 Å². The van der Waals surface area contributed by atoms with E-state index in [0.29, 0.717) is 12.2 Å². The van der Waals surface area contributed by atoms with Crippen molar-refractivity contribution in [1.29, 1.82) is 5.26 Å². The van der Waals surface area contributed by atoms with Gasteiger partial charge in [-0.15, -0.1) is 0 Å². The van der Waals surface area contributed by atoms with E-state index in [0.717, 1.165) is 18.7 Å². The molecule has 1 heterocycles. The molecule has 0 aliphatic rings. The highest BCUT2D eigenvalue weighted by molar-refractivity contribution is 5.64. The monoisotopic (exact) mass is 284 g/mol. The van der Waals surface area contributed by atoms with Crippen LogP contribution in [0, 0.1) is 21.4 Å². The van der Waals surface area contributed by atoms with Crippen molar-refractivity contribution in [3.8, 4) is 6.07 Å². The van der Waals surface area contributed by atoms with E-state index in [2.05, 4.69) is 16.8 Å². The Kier molecular flexibility index (Phi) is 4.57. The third-order valence-corrected chi connectivity index (χ3v) is 3.17. The third-order valence-electron chi connectivity index (χ3n) is 3.17. The first-order chi connectivity index (χ1) is 10.2. The fourth-order valence-electron chi connectivity index (χ4n) is 2.16. The van der Waals surface area contributed by atoms with E-state index in [1.165, 1.54) is 6.07 Å². The number of nitrogens with one attached hydrogen (secondary N) is 1. The first-order valence-electron chi connectivity index (χ1n) is 6.72. The van der Waals surface area contributed by atoms with Gasteiger partial charge in [-0.05, 0) is 30.7 Å². The highest BCUT2D eigenvalue weighted by Crippen LogP contribution is 2.25. The van der Waals surface area contributed by atoms with Crippen LogP contribution < -0.4 is 5.32 Å². The van der Waals surface area contributed by atoms with Crippen molar-refractivity contribution in [2.24, 2.45) is 0 Å². The second-order valence-electron chi connectivity index (χ2n) is 4.65. The summed E-state index contributed by atoms with van der Waals surface area (Å²) in [4.78, 5) is 10.6. The SMILES string of the molecule is CCCn1cccc1CNc1ccc(C#N)cc1[N+](=O)[O-]. The van der Waals surface area contributed by atoms with Crippen molar-refractivity contribution in [3.63, 3.8) is 0 Å². The number of anilines is 1. The average Bonchev–Trinajstić information content (AvgIpc) is 2.92. The molecule has 0 radical (unpaired) electrons. The summed E-state index contributed by atoms with van der Waals surface area (Å²) in [5.41, 5.74) is 1.68. The first-order valence-corrected chi connectivity index (χ1v) is 6.72. The van der Waals surface area contributed by atoms with Crippen molar-refractivity contribution >= 4 is 11.4 Å². The largest absolute Gasteiger partial charge is 0.374 e. The average molecular weight is 284 g/mol. The van der Waals surface area contributed by atoms with Gasteiger partial charge in [-0.2, -0.15) is 5.26 Å². The molecule has 2 rings (SSSR count). The Hall–Kier alpha value is -2.81. The first kappa shape index (κ1) is 14.6. The third kappa shape index (κ3) is 3.39. The summed E-state index contributed by atoms with van der Waals surface area (Å²) < 4.78 is 2.11. The smallest absolute Gasteiger partial charge is 0.293 e. The van der Waals surface area contributed by atoms with Crippen LogP contribution in [0.1, 0.15) is 24.6 Å². The molecule has 0 fully saturated rings. The molecule has 0 aliphatic carbocycles.